The molecule has 1 atom stereocenters. The zero-order valence-electron chi connectivity index (χ0n) is 12.7. The molecular formula is C17H21FN2O. The first-order chi connectivity index (χ1) is 10.2. The van der Waals surface area contributed by atoms with Crippen molar-refractivity contribution >= 4 is 0 Å². The predicted molar refractivity (Wildman–Crippen MR) is 82.1 cm³/mol. The van der Waals surface area contributed by atoms with Crippen LogP contribution in [0.25, 0.3) is 0 Å². The SMILES string of the molecule is CCCNC(c1ccc(C)nc1)c1c(F)cccc1OC. The normalized spacial score (nSPS) is 12.2. The van der Waals surface area contributed by atoms with Crippen molar-refractivity contribution in [1.29, 1.82) is 0 Å². The summed E-state index contributed by atoms with van der Waals surface area (Å²) in [6, 6.07) is 8.53. The van der Waals surface area contributed by atoms with E-state index in [1.165, 1.54) is 6.07 Å². The lowest BCUT2D eigenvalue weighted by Gasteiger charge is -2.22. The Labute approximate surface area is 125 Å². The summed E-state index contributed by atoms with van der Waals surface area (Å²) in [5.74, 6) is 0.271. The van der Waals surface area contributed by atoms with Crippen molar-refractivity contribution in [2.45, 2.75) is 26.3 Å². The van der Waals surface area contributed by atoms with Crippen molar-refractivity contribution in [3.05, 3.63) is 59.2 Å². The van der Waals surface area contributed by atoms with E-state index in [2.05, 4.69) is 17.2 Å². The van der Waals surface area contributed by atoms with Gasteiger partial charge in [-0.05, 0) is 43.7 Å². The van der Waals surface area contributed by atoms with Crippen molar-refractivity contribution in [2.24, 2.45) is 0 Å². The molecule has 1 heterocycles. The lowest BCUT2D eigenvalue weighted by atomic mass is 9.98. The molecule has 0 saturated heterocycles. The average molecular weight is 288 g/mol. The van der Waals surface area contributed by atoms with Gasteiger partial charge in [-0.3, -0.25) is 4.98 Å². The molecule has 0 bridgehead atoms. The fourth-order valence-corrected chi connectivity index (χ4v) is 2.30. The number of aromatic nitrogens is 1. The van der Waals surface area contributed by atoms with Gasteiger partial charge in [-0.1, -0.05) is 19.1 Å². The molecule has 0 aliphatic carbocycles. The molecule has 21 heavy (non-hydrogen) atoms. The highest BCUT2D eigenvalue weighted by Gasteiger charge is 2.21. The fraction of sp³-hybridized carbons (Fsp3) is 0.353. The summed E-state index contributed by atoms with van der Waals surface area (Å²) in [7, 11) is 1.56. The standard InChI is InChI=1S/C17H21FN2O/c1-4-10-19-17(13-9-8-12(2)20-11-13)16-14(18)6-5-7-15(16)21-3/h5-9,11,17,19H,4,10H2,1-3H3. The number of methoxy groups -OCH3 is 1. The summed E-state index contributed by atoms with van der Waals surface area (Å²) >= 11 is 0. The maximum Gasteiger partial charge on any atom is 0.132 e. The van der Waals surface area contributed by atoms with Crippen LogP contribution in [0.3, 0.4) is 0 Å². The molecule has 2 aromatic rings. The number of nitrogens with zero attached hydrogens (tertiary/aromatic N) is 1. The van der Waals surface area contributed by atoms with E-state index in [9.17, 15) is 4.39 Å². The van der Waals surface area contributed by atoms with Crippen LogP contribution in [-0.2, 0) is 0 Å². The minimum Gasteiger partial charge on any atom is -0.496 e. The van der Waals surface area contributed by atoms with Crippen molar-refractivity contribution in [2.75, 3.05) is 13.7 Å². The first-order valence-corrected chi connectivity index (χ1v) is 7.15. The second kappa shape index (κ2) is 7.18. The van der Waals surface area contributed by atoms with Crippen LogP contribution in [0.1, 0.15) is 36.2 Å². The first-order valence-electron chi connectivity index (χ1n) is 7.15. The smallest absolute Gasteiger partial charge is 0.132 e. The summed E-state index contributed by atoms with van der Waals surface area (Å²) in [5, 5.41) is 3.38. The van der Waals surface area contributed by atoms with Crippen LogP contribution >= 0.6 is 0 Å². The number of aryl methyl sites for hydroxylation is 1. The Hall–Kier alpha value is -1.94. The van der Waals surface area contributed by atoms with E-state index < -0.39 is 0 Å². The van der Waals surface area contributed by atoms with Crippen molar-refractivity contribution in [1.82, 2.24) is 10.3 Å². The van der Waals surface area contributed by atoms with E-state index >= 15 is 0 Å². The Morgan fingerprint density at radius 1 is 1.29 bits per heavy atom. The highest BCUT2D eigenvalue weighted by molar-refractivity contribution is 5.42. The maximum atomic E-state index is 14.3. The number of benzene rings is 1. The van der Waals surface area contributed by atoms with E-state index in [4.69, 9.17) is 4.74 Å². The second-order valence-corrected chi connectivity index (χ2v) is 4.98. The van der Waals surface area contributed by atoms with Crippen LogP contribution in [0.2, 0.25) is 0 Å². The van der Waals surface area contributed by atoms with Crippen LogP contribution in [0.5, 0.6) is 5.75 Å². The van der Waals surface area contributed by atoms with Gasteiger partial charge in [-0.2, -0.15) is 0 Å². The summed E-state index contributed by atoms with van der Waals surface area (Å²) in [6.45, 7) is 4.80. The molecule has 1 aromatic heterocycles. The molecule has 3 nitrogen and oxygen atoms in total. The third-order valence-corrected chi connectivity index (χ3v) is 3.39. The largest absolute Gasteiger partial charge is 0.496 e. The van der Waals surface area contributed by atoms with Gasteiger partial charge >= 0.3 is 0 Å². The maximum absolute atomic E-state index is 14.3. The average Bonchev–Trinajstić information content (AvgIpc) is 2.50. The van der Waals surface area contributed by atoms with Gasteiger partial charge in [0.05, 0.1) is 18.7 Å². The van der Waals surface area contributed by atoms with E-state index in [0.717, 1.165) is 24.2 Å². The number of rotatable bonds is 6. The number of halogens is 1. The van der Waals surface area contributed by atoms with Crippen LogP contribution in [0.4, 0.5) is 4.39 Å². The second-order valence-electron chi connectivity index (χ2n) is 4.98. The monoisotopic (exact) mass is 288 g/mol. The molecule has 0 amide bonds. The van der Waals surface area contributed by atoms with E-state index in [0.29, 0.717) is 11.3 Å². The summed E-state index contributed by atoms with van der Waals surface area (Å²) in [4.78, 5) is 4.32. The van der Waals surface area contributed by atoms with E-state index in [-0.39, 0.29) is 11.9 Å². The lowest BCUT2D eigenvalue weighted by molar-refractivity contribution is 0.396. The molecular weight excluding hydrogens is 267 g/mol. The molecule has 1 unspecified atom stereocenters. The summed E-state index contributed by atoms with van der Waals surface area (Å²) < 4.78 is 19.7. The Morgan fingerprint density at radius 2 is 2.10 bits per heavy atom. The topological polar surface area (TPSA) is 34.2 Å². The third kappa shape index (κ3) is 3.58. The summed E-state index contributed by atoms with van der Waals surface area (Å²) in [5.41, 5.74) is 2.39. The summed E-state index contributed by atoms with van der Waals surface area (Å²) in [6.07, 6.45) is 2.75. The lowest BCUT2D eigenvalue weighted by Crippen LogP contribution is -2.25. The minimum absolute atomic E-state index is 0.269. The van der Waals surface area contributed by atoms with Crippen LogP contribution in [0.15, 0.2) is 36.5 Å². The van der Waals surface area contributed by atoms with Crippen molar-refractivity contribution < 1.29 is 9.13 Å². The number of hydrogen-bond acceptors (Lipinski definition) is 3. The molecule has 2 rings (SSSR count). The number of nitrogens with one attached hydrogen (secondary N) is 1. The highest BCUT2D eigenvalue weighted by atomic mass is 19.1. The molecule has 4 heteroatoms. The van der Waals surface area contributed by atoms with Crippen LogP contribution < -0.4 is 10.1 Å². The molecule has 0 spiro atoms. The van der Waals surface area contributed by atoms with Gasteiger partial charge in [0.15, 0.2) is 0 Å². The molecule has 0 fully saturated rings. The van der Waals surface area contributed by atoms with Gasteiger partial charge in [-0.15, -0.1) is 0 Å². The third-order valence-electron chi connectivity index (χ3n) is 3.39. The van der Waals surface area contributed by atoms with Crippen LogP contribution in [-0.4, -0.2) is 18.6 Å². The molecule has 112 valence electrons. The molecule has 0 aliphatic rings. The van der Waals surface area contributed by atoms with Gasteiger partial charge in [-0.25, -0.2) is 4.39 Å². The fourth-order valence-electron chi connectivity index (χ4n) is 2.30. The number of pyridine rings is 1. The predicted octanol–water partition coefficient (Wildman–Crippen LogP) is 3.63. The van der Waals surface area contributed by atoms with E-state index in [1.54, 1.807) is 25.4 Å². The van der Waals surface area contributed by atoms with Gasteiger partial charge in [0, 0.05) is 11.9 Å². The van der Waals surface area contributed by atoms with E-state index in [1.807, 2.05) is 19.1 Å². The Morgan fingerprint density at radius 3 is 2.71 bits per heavy atom. The zero-order chi connectivity index (χ0) is 15.2. The van der Waals surface area contributed by atoms with Gasteiger partial charge in [0.1, 0.15) is 11.6 Å². The van der Waals surface area contributed by atoms with Crippen molar-refractivity contribution in [3.63, 3.8) is 0 Å². The van der Waals surface area contributed by atoms with Gasteiger partial charge in [0.2, 0.25) is 0 Å². The van der Waals surface area contributed by atoms with Gasteiger partial charge in [0.25, 0.3) is 0 Å². The Bertz CT molecular complexity index is 584. The molecule has 0 radical (unpaired) electrons. The molecule has 0 saturated carbocycles. The van der Waals surface area contributed by atoms with Crippen molar-refractivity contribution in [3.8, 4) is 5.75 Å². The van der Waals surface area contributed by atoms with Gasteiger partial charge < -0.3 is 10.1 Å². The number of hydrogen-bond donors (Lipinski definition) is 1. The van der Waals surface area contributed by atoms with Crippen LogP contribution in [0, 0.1) is 12.7 Å². The number of ether oxygens (including phenoxy) is 1. The quantitative estimate of drug-likeness (QED) is 0.881. The first kappa shape index (κ1) is 15.4. The Kier molecular flexibility index (Phi) is 5.28. The highest BCUT2D eigenvalue weighted by Crippen LogP contribution is 2.32. The molecule has 1 aromatic carbocycles. The molecule has 1 N–H and O–H groups in total. The zero-order valence-corrected chi connectivity index (χ0v) is 12.7. The Balaban J connectivity index is 2.47. The molecule has 0 aliphatic heterocycles. The minimum atomic E-state index is -0.275.